The van der Waals surface area contributed by atoms with Gasteiger partial charge in [-0.25, -0.2) is 0 Å². The summed E-state index contributed by atoms with van der Waals surface area (Å²) in [5.74, 6) is 1.91. The Morgan fingerprint density at radius 1 is 1.14 bits per heavy atom. The minimum Gasteiger partial charge on any atom is -0.400 e. The van der Waals surface area contributed by atoms with E-state index in [-0.39, 0.29) is 23.9 Å². The molecule has 1 saturated carbocycles. The molecule has 1 aromatic rings. The zero-order chi connectivity index (χ0) is 15.3. The lowest BCUT2D eigenvalue weighted by Gasteiger charge is -2.32. The van der Waals surface area contributed by atoms with Crippen LogP contribution in [0.4, 0.5) is 0 Å². The van der Waals surface area contributed by atoms with Crippen molar-refractivity contribution < 1.29 is 9.31 Å². The van der Waals surface area contributed by atoms with E-state index in [1.807, 2.05) is 52.0 Å². The van der Waals surface area contributed by atoms with Crippen molar-refractivity contribution in [1.29, 1.82) is 0 Å². The molecule has 0 amide bonds. The van der Waals surface area contributed by atoms with Crippen LogP contribution in [-0.2, 0) is 14.8 Å². The van der Waals surface area contributed by atoms with Crippen LogP contribution in [0.15, 0.2) is 24.3 Å². The summed E-state index contributed by atoms with van der Waals surface area (Å²) < 4.78 is 11.8. The van der Waals surface area contributed by atoms with Crippen LogP contribution in [0.5, 0.6) is 0 Å². The molecule has 1 aliphatic heterocycles. The second-order valence-electron chi connectivity index (χ2n) is 7.11. The Balaban J connectivity index is 1.67. The van der Waals surface area contributed by atoms with Crippen molar-refractivity contribution in [3.05, 3.63) is 35.6 Å². The third kappa shape index (κ3) is 2.78. The Morgan fingerprint density at radius 3 is 2.24 bits per heavy atom. The highest BCUT2D eigenvalue weighted by Gasteiger charge is 2.50. The lowest BCUT2D eigenvalue weighted by molar-refractivity contribution is 0.00578. The summed E-state index contributed by atoms with van der Waals surface area (Å²) in [6.07, 6.45) is 5.91. The van der Waals surface area contributed by atoms with Crippen molar-refractivity contribution in [2.45, 2.75) is 57.3 Å². The fraction of sp³-hybridized carbons (Fsp3) is 0.562. The zero-order valence-corrected chi connectivity index (χ0v) is 13.2. The molecule has 1 aromatic heterocycles. The fourth-order valence-corrected chi connectivity index (χ4v) is 2.37. The largest absolute Gasteiger partial charge is 0.487 e. The molecule has 112 valence electrons. The third-order valence-electron chi connectivity index (χ3n) is 4.85. The van der Waals surface area contributed by atoms with Gasteiger partial charge in [0.15, 0.2) is 0 Å². The lowest BCUT2D eigenvalue weighted by atomic mass is 9.89. The van der Waals surface area contributed by atoms with E-state index in [0.29, 0.717) is 0 Å². The summed E-state index contributed by atoms with van der Waals surface area (Å²) >= 11 is 0. The van der Waals surface area contributed by atoms with Crippen molar-refractivity contribution >= 4 is 13.2 Å². The van der Waals surface area contributed by atoms with Crippen LogP contribution in [-0.4, -0.2) is 23.3 Å². The fourth-order valence-electron chi connectivity index (χ4n) is 2.37. The van der Waals surface area contributed by atoms with Crippen LogP contribution in [0, 0.1) is 0 Å². The van der Waals surface area contributed by atoms with E-state index in [2.05, 4.69) is 11.1 Å². The van der Waals surface area contributed by atoms with Crippen LogP contribution in [0.25, 0.3) is 6.08 Å². The van der Waals surface area contributed by atoms with Crippen molar-refractivity contribution in [3.63, 3.8) is 0 Å². The monoisotopic (exact) mass is 286 g/mol. The summed E-state index contributed by atoms with van der Waals surface area (Å²) in [4.78, 5) is 4.44. The maximum Gasteiger partial charge on any atom is 0.487 e. The predicted octanol–water partition coefficient (Wildman–Crippen LogP) is 2.67. The highest BCUT2D eigenvalue weighted by atomic mass is 16.7. The van der Waals surface area contributed by atoms with Crippen molar-refractivity contribution in [2.75, 3.05) is 0 Å². The van der Waals surface area contributed by atoms with Crippen molar-refractivity contribution in [2.24, 2.45) is 5.73 Å². The molecule has 21 heavy (non-hydrogen) atoms. The molecule has 0 bridgehead atoms. The molecule has 2 aliphatic rings. The SMILES string of the molecule is CC1(C)OB(/C=C/c2ccc(C3(N)CC3)cn2)OC1(C)C. The van der Waals surface area contributed by atoms with E-state index in [1.165, 1.54) is 0 Å². The molecule has 2 heterocycles. The Hall–Kier alpha value is -1.17. The smallest absolute Gasteiger partial charge is 0.400 e. The van der Waals surface area contributed by atoms with Gasteiger partial charge < -0.3 is 15.0 Å². The summed E-state index contributed by atoms with van der Waals surface area (Å²) in [7, 11) is -0.333. The first-order chi connectivity index (χ1) is 9.72. The van der Waals surface area contributed by atoms with Gasteiger partial charge in [0.05, 0.1) is 16.9 Å². The van der Waals surface area contributed by atoms with Gasteiger partial charge >= 0.3 is 7.12 Å². The van der Waals surface area contributed by atoms with Crippen LogP contribution in [0.3, 0.4) is 0 Å². The van der Waals surface area contributed by atoms with E-state index >= 15 is 0 Å². The number of rotatable bonds is 3. The maximum absolute atomic E-state index is 6.15. The standard InChI is InChI=1S/C16H23BN2O2/c1-14(2)15(3,4)21-17(20-14)10-7-13-6-5-12(11-19-13)16(18)8-9-16/h5-7,10-11H,8-9,18H2,1-4H3/b10-7+. The van der Waals surface area contributed by atoms with Gasteiger partial charge in [-0.1, -0.05) is 12.0 Å². The van der Waals surface area contributed by atoms with Gasteiger partial charge in [-0.15, -0.1) is 0 Å². The first-order valence-electron chi connectivity index (χ1n) is 7.51. The summed E-state index contributed by atoms with van der Waals surface area (Å²) in [5, 5.41) is 0. The molecule has 0 atom stereocenters. The Labute approximate surface area is 126 Å². The van der Waals surface area contributed by atoms with Crippen LogP contribution < -0.4 is 5.73 Å². The summed E-state index contributed by atoms with van der Waals surface area (Å²) in [6, 6.07) is 4.05. The van der Waals surface area contributed by atoms with Crippen molar-refractivity contribution in [1.82, 2.24) is 4.98 Å². The van der Waals surface area contributed by atoms with E-state index in [0.717, 1.165) is 24.1 Å². The molecule has 2 fully saturated rings. The molecule has 0 spiro atoms. The number of hydrogen-bond donors (Lipinski definition) is 1. The molecule has 3 rings (SSSR count). The van der Waals surface area contributed by atoms with Gasteiger partial charge in [0.1, 0.15) is 0 Å². The Morgan fingerprint density at radius 2 is 1.76 bits per heavy atom. The molecular weight excluding hydrogens is 263 g/mol. The molecule has 5 heteroatoms. The molecule has 1 saturated heterocycles. The topological polar surface area (TPSA) is 57.4 Å². The van der Waals surface area contributed by atoms with Crippen LogP contribution >= 0.6 is 0 Å². The molecule has 4 nitrogen and oxygen atoms in total. The predicted molar refractivity (Wildman–Crippen MR) is 84.5 cm³/mol. The second kappa shape index (κ2) is 4.67. The molecule has 0 aromatic carbocycles. The Kier molecular flexibility index (Phi) is 3.28. The Bertz CT molecular complexity index is 546. The van der Waals surface area contributed by atoms with Crippen LogP contribution in [0.1, 0.15) is 51.8 Å². The number of nitrogens with two attached hydrogens (primary N) is 1. The number of aromatic nitrogens is 1. The van der Waals surface area contributed by atoms with Gasteiger partial charge in [-0.2, -0.15) is 0 Å². The van der Waals surface area contributed by atoms with Crippen molar-refractivity contribution in [3.8, 4) is 0 Å². The van der Waals surface area contributed by atoms with E-state index in [9.17, 15) is 0 Å². The highest BCUT2D eigenvalue weighted by Crippen LogP contribution is 2.42. The lowest BCUT2D eigenvalue weighted by Crippen LogP contribution is -2.41. The second-order valence-corrected chi connectivity index (χ2v) is 7.11. The molecule has 2 N–H and O–H groups in total. The maximum atomic E-state index is 6.15. The molecule has 0 radical (unpaired) electrons. The third-order valence-corrected chi connectivity index (χ3v) is 4.85. The van der Waals surface area contributed by atoms with Crippen LogP contribution in [0.2, 0.25) is 0 Å². The quantitative estimate of drug-likeness (QED) is 0.868. The van der Waals surface area contributed by atoms with Gasteiger partial charge in [-0.05, 0) is 58.2 Å². The summed E-state index contributed by atoms with van der Waals surface area (Å²) in [6.45, 7) is 8.18. The number of hydrogen-bond acceptors (Lipinski definition) is 4. The molecule has 1 aliphatic carbocycles. The summed E-state index contributed by atoms with van der Waals surface area (Å²) in [5.41, 5.74) is 7.42. The number of pyridine rings is 1. The van der Waals surface area contributed by atoms with E-state index < -0.39 is 0 Å². The normalized spacial score (nSPS) is 25.5. The van der Waals surface area contributed by atoms with E-state index in [1.54, 1.807) is 0 Å². The number of nitrogens with zero attached hydrogens (tertiary/aromatic N) is 1. The first kappa shape index (κ1) is 14.8. The average Bonchev–Trinajstić information content (AvgIpc) is 3.10. The van der Waals surface area contributed by atoms with Gasteiger partial charge in [0, 0.05) is 11.7 Å². The molecular formula is C16H23BN2O2. The zero-order valence-electron chi connectivity index (χ0n) is 13.2. The highest BCUT2D eigenvalue weighted by molar-refractivity contribution is 6.52. The average molecular weight is 286 g/mol. The minimum atomic E-state index is -0.333. The molecule has 0 unspecified atom stereocenters. The first-order valence-corrected chi connectivity index (χ1v) is 7.51. The van der Waals surface area contributed by atoms with Gasteiger partial charge in [0.2, 0.25) is 0 Å². The minimum absolute atomic E-state index is 0.124. The van der Waals surface area contributed by atoms with Gasteiger partial charge in [0.25, 0.3) is 0 Å². The van der Waals surface area contributed by atoms with E-state index in [4.69, 9.17) is 15.0 Å². The van der Waals surface area contributed by atoms with Gasteiger partial charge in [-0.3, -0.25) is 4.98 Å².